The summed E-state index contributed by atoms with van der Waals surface area (Å²) < 4.78 is 12.4. The number of hydrogen-bond donors (Lipinski definition) is 1. The summed E-state index contributed by atoms with van der Waals surface area (Å²) in [6.07, 6.45) is 0. The maximum absolute atomic E-state index is 12.1. The lowest BCUT2D eigenvalue weighted by molar-refractivity contribution is 0.0526. The molecule has 0 bridgehead atoms. The van der Waals surface area contributed by atoms with E-state index in [2.05, 4.69) is 25.5 Å². The van der Waals surface area contributed by atoms with E-state index >= 15 is 0 Å². The first-order chi connectivity index (χ1) is 12.4. The summed E-state index contributed by atoms with van der Waals surface area (Å²) in [5.74, 6) is 0.934. The summed E-state index contributed by atoms with van der Waals surface area (Å²) in [4.78, 5) is 20.8. The van der Waals surface area contributed by atoms with Crippen LogP contribution in [0.2, 0.25) is 0 Å². The van der Waals surface area contributed by atoms with Gasteiger partial charge in [0.05, 0.1) is 23.8 Å². The minimum absolute atomic E-state index is 0.140. The van der Waals surface area contributed by atoms with Crippen molar-refractivity contribution in [3.8, 4) is 0 Å². The molecule has 0 unspecified atom stereocenters. The van der Waals surface area contributed by atoms with Crippen LogP contribution >= 0.6 is 11.8 Å². The second-order valence-corrected chi connectivity index (χ2v) is 6.69. The molecule has 0 spiro atoms. The molecule has 0 aliphatic carbocycles. The van der Waals surface area contributed by atoms with Crippen molar-refractivity contribution in [2.45, 2.75) is 44.6 Å². The Morgan fingerprint density at radius 1 is 1.38 bits per heavy atom. The summed E-state index contributed by atoms with van der Waals surface area (Å²) in [6, 6.07) is 0.140. The molecule has 0 aliphatic rings. The number of aryl methyl sites for hydroxylation is 1. The van der Waals surface area contributed by atoms with E-state index in [1.165, 1.54) is 11.8 Å². The third kappa shape index (κ3) is 3.34. The second kappa shape index (κ2) is 7.28. The minimum Gasteiger partial charge on any atom is -0.462 e. The van der Waals surface area contributed by atoms with Crippen molar-refractivity contribution in [2.75, 3.05) is 12.3 Å². The summed E-state index contributed by atoms with van der Waals surface area (Å²) in [6.45, 7) is 7.63. The van der Waals surface area contributed by atoms with Gasteiger partial charge in [-0.1, -0.05) is 11.8 Å². The largest absolute Gasteiger partial charge is 0.462 e. The van der Waals surface area contributed by atoms with Crippen molar-refractivity contribution in [1.82, 2.24) is 30.2 Å². The zero-order valence-electron chi connectivity index (χ0n) is 14.9. The molecule has 3 rings (SSSR count). The van der Waals surface area contributed by atoms with Crippen LogP contribution in [0, 0.1) is 6.92 Å². The number of fused-ring (bicyclic) bond motifs is 1. The van der Waals surface area contributed by atoms with Gasteiger partial charge < -0.3 is 14.9 Å². The highest BCUT2D eigenvalue weighted by Crippen LogP contribution is 2.30. The van der Waals surface area contributed by atoms with E-state index in [1.54, 1.807) is 18.5 Å². The Hall–Kier alpha value is -2.69. The van der Waals surface area contributed by atoms with Crippen molar-refractivity contribution in [1.29, 1.82) is 0 Å². The first-order valence-corrected chi connectivity index (χ1v) is 9.04. The maximum Gasteiger partial charge on any atom is 0.342 e. The molecule has 3 aromatic heterocycles. The van der Waals surface area contributed by atoms with Crippen LogP contribution in [0.25, 0.3) is 11.1 Å². The second-order valence-electron chi connectivity index (χ2n) is 5.75. The molecule has 0 aromatic carbocycles. The van der Waals surface area contributed by atoms with Crippen molar-refractivity contribution < 1.29 is 13.9 Å². The number of aromatic nitrogens is 6. The van der Waals surface area contributed by atoms with E-state index < -0.39 is 5.97 Å². The standard InChI is InChI=1S/C15H19N7O3S/c1-5-24-14(23)10-8(4)25-13-11(10)12(16)17-9(18-13)6-26-15-19-20-21-22(15)7(2)3/h7H,5-6H2,1-4H3,(H2,16,17,18). The van der Waals surface area contributed by atoms with Crippen LogP contribution in [0.15, 0.2) is 9.57 Å². The number of furan rings is 1. The van der Waals surface area contributed by atoms with Gasteiger partial charge >= 0.3 is 5.97 Å². The highest BCUT2D eigenvalue weighted by molar-refractivity contribution is 7.98. The maximum atomic E-state index is 12.1. The molecule has 10 nitrogen and oxygen atoms in total. The average molecular weight is 377 g/mol. The fraction of sp³-hybridized carbons (Fsp3) is 0.467. The number of hydrogen-bond acceptors (Lipinski definition) is 10. The first kappa shape index (κ1) is 18.1. The van der Waals surface area contributed by atoms with E-state index in [0.29, 0.717) is 27.9 Å². The number of anilines is 1. The SMILES string of the molecule is CCOC(=O)c1c(C)oc2nc(CSc3nnnn3C(C)C)nc(N)c12. The smallest absolute Gasteiger partial charge is 0.342 e. The van der Waals surface area contributed by atoms with Gasteiger partial charge in [-0.25, -0.2) is 14.5 Å². The molecule has 0 fully saturated rings. The van der Waals surface area contributed by atoms with Crippen LogP contribution in [-0.2, 0) is 10.5 Å². The fourth-order valence-corrected chi connectivity index (χ4v) is 3.29. The average Bonchev–Trinajstić information content (AvgIpc) is 3.17. The number of nitrogens with two attached hydrogens (primary N) is 1. The topological polar surface area (TPSA) is 135 Å². The monoisotopic (exact) mass is 377 g/mol. The molecule has 0 radical (unpaired) electrons. The quantitative estimate of drug-likeness (QED) is 0.502. The zero-order chi connectivity index (χ0) is 18.8. The van der Waals surface area contributed by atoms with Gasteiger partial charge in [0.2, 0.25) is 10.9 Å². The van der Waals surface area contributed by atoms with Crippen molar-refractivity contribution >= 4 is 34.6 Å². The van der Waals surface area contributed by atoms with Crippen LogP contribution in [0.1, 0.15) is 48.8 Å². The summed E-state index contributed by atoms with van der Waals surface area (Å²) >= 11 is 1.39. The number of thioether (sulfide) groups is 1. The van der Waals surface area contributed by atoms with E-state index in [4.69, 9.17) is 14.9 Å². The Balaban J connectivity index is 1.90. The Bertz CT molecular complexity index is 950. The Morgan fingerprint density at radius 2 is 2.15 bits per heavy atom. The van der Waals surface area contributed by atoms with Crippen molar-refractivity contribution in [2.24, 2.45) is 0 Å². The molecular formula is C15H19N7O3S. The highest BCUT2D eigenvalue weighted by atomic mass is 32.2. The molecule has 3 aromatic rings. The molecule has 0 amide bonds. The van der Waals surface area contributed by atoms with Crippen molar-refractivity contribution in [3.05, 3.63) is 17.1 Å². The Kier molecular flexibility index (Phi) is 5.07. The van der Waals surface area contributed by atoms with Gasteiger partial charge in [0, 0.05) is 0 Å². The van der Waals surface area contributed by atoms with Gasteiger partial charge in [-0.05, 0) is 38.1 Å². The molecular weight excluding hydrogens is 358 g/mol. The Labute approximate surface area is 153 Å². The summed E-state index contributed by atoms with van der Waals surface area (Å²) in [7, 11) is 0. The predicted molar refractivity (Wildman–Crippen MR) is 94.7 cm³/mol. The van der Waals surface area contributed by atoms with Crippen LogP contribution in [-0.4, -0.2) is 42.8 Å². The molecule has 3 heterocycles. The van der Waals surface area contributed by atoms with Crippen LogP contribution in [0.4, 0.5) is 5.82 Å². The lowest BCUT2D eigenvalue weighted by Crippen LogP contribution is -2.08. The molecule has 11 heteroatoms. The van der Waals surface area contributed by atoms with Gasteiger partial charge in [-0.3, -0.25) is 0 Å². The van der Waals surface area contributed by atoms with Gasteiger partial charge in [-0.2, -0.15) is 4.98 Å². The van der Waals surface area contributed by atoms with Gasteiger partial charge in [0.15, 0.2) is 0 Å². The third-order valence-corrected chi connectivity index (χ3v) is 4.49. The number of nitrogens with zero attached hydrogens (tertiary/aromatic N) is 6. The molecule has 0 saturated heterocycles. The number of esters is 1. The van der Waals surface area contributed by atoms with Crippen molar-refractivity contribution in [3.63, 3.8) is 0 Å². The van der Waals surface area contributed by atoms with Gasteiger partial charge in [0.1, 0.15) is 23.0 Å². The summed E-state index contributed by atoms with van der Waals surface area (Å²) in [5.41, 5.74) is 6.59. The van der Waals surface area contributed by atoms with E-state index in [-0.39, 0.29) is 29.7 Å². The van der Waals surface area contributed by atoms with Gasteiger partial charge in [-0.15, -0.1) is 5.10 Å². The predicted octanol–water partition coefficient (Wildman–Crippen LogP) is 2.15. The van der Waals surface area contributed by atoms with Crippen LogP contribution in [0.3, 0.4) is 0 Å². The normalized spacial score (nSPS) is 11.4. The van der Waals surface area contributed by atoms with E-state index in [1.807, 2.05) is 13.8 Å². The number of carbonyl (C=O) groups excluding carboxylic acids is 1. The lowest BCUT2D eigenvalue weighted by Gasteiger charge is -2.07. The fourth-order valence-electron chi connectivity index (χ4n) is 2.43. The third-order valence-electron chi connectivity index (χ3n) is 3.56. The van der Waals surface area contributed by atoms with E-state index in [9.17, 15) is 4.79 Å². The zero-order valence-corrected chi connectivity index (χ0v) is 15.7. The van der Waals surface area contributed by atoms with Crippen LogP contribution in [0.5, 0.6) is 0 Å². The Morgan fingerprint density at radius 3 is 2.85 bits per heavy atom. The van der Waals surface area contributed by atoms with E-state index in [0.717, 1.165) is 0 Å². The first-order valence-electron chi connectivity index (χ1n) is 8.05. The highest BCUT2D eigenvalue weighted by Gasteiger charge is 2.24. The molecule has 2 N–H and O–H groups in total. The molecule has 0 aliphatic heterocycles. The number of ether oxygens (including phenoxy) is 1. The minimum atomic E-state index is -0.503. The molecule has 26 heavy (non-hydrogen) atoms. The molecule has 138 valence electrons. The summed E-state index contributed by atoms with van der Waals surface area (Å²) in [5, 5.41) is 12.7. The molecule has 0 atom stereocenters. The van der Waals surface area contributed by atoms with Crippen LogP contribution < -0.4 is 5.73 Å². The van der Waals surface area contributed by atoms with Gasteiger partial charge in [0.25, 0.3) is 0 Å². The lowest BCUT2D eigenvalue weighted by atomic mass is 10.2. The number of tetrazole rings is 1. The number of nitrogen functional groups attached to an aromatic ring is 1. The number of carbonyl (C=O) groups is 1. The number of rotatable bonds is 6. The molecule has 0 saturated carbocycles.